The molecule has 0 aliphatic rings. The minimum atomic E-state index is -0.430. The number of rotatable bonds is 8. The number of hydrogen-bond donors (Lipinski definition) is 3. The van der Waals surface area contributed by atoms with Gasteiger partial charge in [0.15, 0.2) is 5.11 Å². The fourth-order valence-corrected chi connectivity index (χ4v) is 3.68. The molecule has 2 aromatic rings. The highest BCUT2D eigenvalue weighted by Gasteiger charge is 2.16. The van der Waals surface area contributed by atoms with E-state index in [1.807, 2.05) is 18.2 Å². The minimum absolute atomic E-state index is 0.0202. The molecule has 2 amide bonds. The number of hydrogen-bond acceptors (Lipinski definition) is 4. The third-order valence-electron chi connectivity index (χ3n) is 4.08. The zero-order valence-corrected chi connectivity index (χ0v) is 21.0. The lowest BCUT2D eigenvalue weighted by atomic mass is 10.2. The van der Waals surface area contributed by atoms with E-state index in [2.05, 4.69) is 61.6 Å². The highest BCUT2D eigenvalue weighted by atomic mass is 127. The van der Waals surface area contributed by atoms with Crippen molar-refractivity contribution < 1.29 is 14.3 Å². The highest BCUT2D eigenvalue weighted by molar-refractivity contribution is 14.1. The number of ether oxygens (including phenoxy) is 1. The van der Waals surface area contributed by atoms with E-state index in [0.29, 0.717) is 23.5 Å². The van der Waals surface area contributed by atoms with Crippen molar-refractivity contribution in [3.63, 3.8) is 0 Å². The number of amides is 2. The van der Waals surface area contributed by atoms with E-state index in [-0.39, 0.29) is 11.0 Å². The molecule has 0 fully saturated rings. The minimum Gasteiger partial charge on any atom is -0.493 e. The number of benzene rings is 2. The Morgan fingerprint density at radius 2 is 1.80 bits per heavy atom. The fourth-order valence-electron chi connectivity index (χ4n) is 2.54. The van der Waals surface area contributed by atoms with E-state index < -0.39 is 5.91 Å². The van der Waals surface area contributed by atoms with Gasteiger partial charge in [-0.1, -0.05) is 54.2 Å². The molecule has 0 unspecified atom stereocenters. The number of hydrazine groups is 1. The highest BCUT2D eigenvalue weighted by Crippen LogP contribution is 2.23. The number of unbranched alkanes of at least 4 members (excludes halogenated alkanes) is 3. The molecule has 0 heterocycles. The van der Waals surface area contributed by atoms with Crippen molar-refractivity contribution in [1.82, 2.24) is 16.2 Å². The largest absolute Gasteiger partial charge is 0.493 e. The van der Waals surface area contributed by atoms with Gasteiger partial charge in [0.05, 0.1) is 17.7 Å². The van der Waals surface area contributed by atoms with Gasteiger partial charge in [-0.2, -0.15) is 0 Å². The molecule has 3 N–H and O–H groups in total. The zero-order chi connectivity index (χ0) is 21.9. The molecule has 0 bridgehead atoms. The molecule has 0 saturated carbocycles. The molecule has 0 radical (unpaired) electrons. The average Bonchev–Trinajstić information content (AvgIpc) is 2.73. The van der Waals surface area contributed by atoms with Gasteiger partial charge in [0.25, 0.3) is 11.8 Å². The first-order valence-corrected chi connectivity index (χ1v) is 11.8. The van der Waals surface area contributed by atoms with Gasteiger partial charge >= 0.3 is 0 Å². The van der Waals surface area contributed by atoms with Gasteiger partial charge in [-0.05, 0) is 71.6 Å². The second kappa shape index (κ2) is 12.9. The molecule has 2 aromatic carbocycles. The van der Waals surface area contributed by atoms with Gasteiger partial charge in [-0.15, -0.1) is 0 Å². The normalized spacial score (nSPS) is 10.2. The van der Waals surface area contributed by atoms with E-state index in [1.54, 1.807) is 24.3 Å². The summed E-state index contributed by atoms with van der Waals surface area (Å²) in [7, 11) is 0. The smallest absolute Gasteiger partial charge is 0.270 e. The van der Waals surface area contributed by atoms with Crippen LogP contribution in [0.15, 0.2) is 46.9 Å². The van der Waals surface area contributed by atoms with Crippen LogP contribution in [0.4, 0.5) is 0 Å². The maximum absolute atomic E-state index is 12.7. The molecule has 0 spiro atoms. The predicted octanol–water partition coefficient (Wildman–Crippen LogP) is 4.96. The van der Waals surface area contributed by atoms with Crippen LogP contribution in [0.5, 0.6) is 5.75 Å². The molecule has 9 heteroatoms. The lowest BCUT2D eigenvalue weighted by Gasteiger charge is -2.14. The van der Waals surface area contributed by atoms with Gasteiger partial charge in [-0.3, -0.25) is 25.8 Å². The Balaban J connectivity index is 1.92. The van der Waals surface area contributed by atoms with E-state index in [9.17, 15) is 9.59 Å². The Hall–Kier alpha value is -1.72. The lowest BCUT2D eigenvalue weighted by Crippen LogP contribution is -2.48. The monoisotopic (exact) mass is 603 g/mol. The summed E-state index contributed by atoms with van der Waals surface area (Å²) < 4.78 is 7.35. The van der Waals surface area contributed by atoms with E-state index >= 15 is 0 Å². The van der Waals surface area contributed by atoms with Crippen LogP contribution in [0, 0.1) is 3.57 Å². The van der Waals surface area contributed by atoms with Crippen molar-refractivity contribution >= 4 is 67.7 Å². The van der Waals surface area contributed by atoms with Crippen LogP contribution in [0.1, 0.15) is 53.3 Å². The van der Waals surface area contributed by atoms with Gasteiger partial charge in [0, 0.05) is 8.04 Å². The standard InChI is InChI=1S/C21H23BrIN3O3S/c1-2-3-4-7-12-29-18-11-10-14(22)13-16(18)19(27)24-21(30)26-25-20(28)15-8-5-6-9-17(15)23/h5-6,8-11,13H,2-4,7,12H2,1H3,(H,25,28)(H2,24,26,27,30). The second-order valence-electron chi connectivity index (χ2n) is 6.39. The Bertz CT molecular complexity index is 911. The van der Waals surface area contributed by atoms with Crippen LogP contribution in [0.2, 0.25) is 0 Å². The molecule has 0 saturated heterocycles. The molecule has 30 heavy (non-hydrogen) atoms. The van der Waals surface area contributed by atoms with E-state index in [4.69, 9.17) is 17.0 Å². The predicted molar refractivity (Wildman–Crippen MR) is 134 cm³/mol. The maximum atomic E-state index is 12.7. The third kappa shape index (κ3) is 7.84. The Kier molecular flexibility index (Phi) is 10.5. The average molecular weight is 604 g/mol. The Morgan fingerprint density at radius 1 is 1.03 bits per heavy atom. The maximum Gasteiger partial charge on any atom is 0.270 e. The van der Waals surface area contributed by atoms with Gasteiger partial charge in [0.1, 0.15) is 5.75 Å². The summed E-state index contributed by atoms with van der Waals surface area (Å²) in [6, 6.07) is 12.4. The van der Waals surface area contributed by atoms with E-state index in [1.165, 1.54) is 0 Å². The summed E-state index contributed by atoms with van der Waals surface area (Å²) in [6.07, 6.45) is 4.32. The number of nitrogens with one attached hydrogen (secondary N) is 3. The lowest BCUT2D eigenvalue weighted by molar-refractivity contribution is 0.0933. The molecule has 0 atom stereocenters. The fraction of sp³-hybridized carbons (Fsp3) is 0.286. The van der Waals surface area contributed by atoms with Crippen molar-refractivity contribution in [2.75, 3.05) is 6.61 Å². The number of halogens is 2. The molecule has 160 valence electrons. The molecule has 0 aliphatic heterocycles. The second-order valence-corrected chi connectivity index (χ2v) is 8.88. The van der Waals surface area contributed by atoms with Crippen molar-refractivity contribution in [2.24, 2.45) is 0 Å². The van der Waals surface area contributed by atoms with Crippen molar-refractivity contribution in [1.29, 1.82) is 0 Å². The van der Waals surface area contributed by atoms with E-state index in [0.717, 1.165) is 33.7 Å². The number of thiocarbonyl (C=S) groups is 1. The Labute approximate surface area is 203 Å². The molecule has 2 rings (SSSR count). The summed E-state index contributed by atoms with van der Waals surface area (Å²) in [5.41, 5.74) is 5.90. The van der Waals surface area contributed by atoms with Crippen molar-refractivity contribution in [2.45, 2.75) is 32.6 Å². The van der Waals surface area contributed by atoms with Gasteiger partial charge in [0.2, 0.25) is 0 Å². The number of carbonyl (C=O) groups is 2. The van der Waals surface area contributed by atoms with Crippen LogP contribution >= 0.6 is 50.7 Å². The van der Waals surface area contributed by atoms with Crippen LogP contribution in [0.25, 0.3) is 0 Å². The first-order chi connectivity index (χ1) is 14.4. The van der Waals surface area contributed by atoms with Crippen LogP contribution in [-0.2, 0) is 0 Å². The first-order valence-electron chi connectivity index (χ1n) is 9.51. The van der Waals surface area contributed by atoms with Crippen LogP contribution < -0.4 is 20.9 Å². The van der Waals surface area contributed by atoms with Crippen molar-refractivity contribution in [3.8, 4) is 5.75 Å². The molecule has 0 aliphatic carbocycles. The topological polar surface area (TPSA) is 79.5 Å². The molecular weight excluding hydrogens is 581 g/mol. The summed E-state index contributed by atoms with van der Waals surface area (Å²) in [5.74, 6) is -0.297. The SMILES string of the molecule is CCCCCCOc1ccc(Br)cc1C(=O)NC(=S)NNC(=O)c1ccccc1I. The summed E-state index contributed by atoms with van der Waals surface area (Å²) >= 11 is 10.6. The number of carbonyl (C=O) groups excluding carboxylic acids is 2. The van der Waals surface area contributed by atoms with Crippen LogP contribution in [-0.4, -0.2) is 23.5 Å². The summed E-state index contributed by atoms with van der Waals surface area (Å²) in [5, 5.41) is 2.54. The third-order valence-corrected chi connectivity index (χ3v) is 5.71. The molecule has 0 aromatic heterocycles. The molecular formula is C21H23BrIN3O3S. The van der Waals surface area contributed by atoms with Gasteiger partial charge in [-0.25, -0.2) is 0 Å². The first kappa shape index (κ1) is 24.5. The Morgan fingerprint density at radius 3 is 2.53 bits per heavy atom. The van der Waals surface area contributed by atoms with Gasteiger partial charge < -0.3 is 4.74 Å². The summed E-state index contributed by atoms with van der Waals surface area (Å²) in [4.78, 5) is 24.9. The van der Waals surface area contributed by atoms with Crippen molar-refractivity contribution in [3.05, 3.63) is 61.6 Å². The molecule has 6 nitrogen and oxygen atoms in total. The zero-order valence-electron chi connectivity index (χ0n) is 16.5. The van der Waals surface area contributed by atoms with Crippen LogP contribution in [0.3, 0.4) is 0 Å². The summed E-state index contributed by atoms with van der Waals surface area (Å²) in [6.45, 7) is 2.69. The quantitative estimate of drug-likeness (QED) is 0.172.